The van der Waals surface area contributed by atoms with E-state index in [-0.39, 0.29) is 11.8 Å². The predicted octanol–water partition coefficient (Wildman–Crippen LogP) is 1.05. The summed E-state index contributed by atoms with van der Waals surface area (Å²) >= 11 is 0. The minimum absolute atomic E-state index is 0.166. The average molecular weight is 244 g/mol. The molecule has 0 aliphatic rings. The van der Waals surface area contributed by atoms with Crippen LogP contribution in [0.3, 0.4) is 0 Å². The van der Waals surface area contributed by atoms with Crippen molar-refractivity contribution in [2.24, 2.45) is 11.5 Å². The molecule has 0 aromatic rings. The number of unbranched alkanes of at least 4 members (excludes halogenated alkanes) is 1. The molecule has 0 radical (unpaired) electrons. The van der Waals surface area contributed by atoms with Gasteiger partial charge in [-0.25, -0.2) is 0 Å². The monoisotopic (exact) mass is 244 g/mol. The second-order valence-corrected chi connectivity index (χ2v) is 4.48. The van der Waals surface area contributed by atoms with Crippen LogP contribution >= 0.6 is 0 Å². The molecule has 17 heavy (non-hydrogen) atoms. The molecule has 5 heteroatoms. The minimum Gasteiger partial charge on any atom is -0.480 e. The van der Waals surface area contributed by atoms with Crippen molar-refractivity contribution in [2.45, 2.75) is 64.0 Å². The van der Waals surface area contributed by atoms with E-state index in [0.29, 0.717) is 32.1 Å². The first-order valence-electron chi connectivity index (χ1n) is 6.23. The first-order chi connectivity index (χ1) is 7.97. The molecular weight excluding hydrogens is 220 g/mol. The second-order valence-electron chi connectivity index (χ2n) is 4.48. The largest absolute Gasteiger partial charge is 0.480 e. The number of rotatable bonds is 10. The molecule has 5 N–H and O–H groups in total. The minimum atomic E-state index is -0.988. The fourth-order valence-electron chi connectivity index (χ4n) is 1.59. The Labute approximate surface area is 103 Å². The quantitative estimate of drug-likeness (QED) is 0.532. The van der Waals surface area contributed by atoms with E-state index < -0.39 is 12.0 Å². The Bertz CT molecular complexity index is 244. The lowest BCUT2D eigenvalue weighted by Gasteiger charge is -2.11. The molecule has 0 aliphatic heterocycles. The Morgan fingerprint density at radius 3 is 2.35 bits per heavy atom. The van der Waals surface area contributed by atoms with Gasteiger partial charge in [-0.3, -0.25) is 9.59 Å². The van der Waals surface area contributed by atoms with Gasteiger partial charge in [-0.2, -0.15) is 0 Å². The molecule has 0 fully saturated rings. The zero-order chi connectivity index (χ0) is 13.3. The third-order valence-electron chi connectivity index (χ3n) is 2.71. The highest BCUT2D eigenvalue weighted by molar-refractivity contribution is 5.78. The molecule has 1 unspecified atom stereocenters. The zero-order valence-corrected chi connectivity index (χ0v) is 10.5. The van der Waals surface area contributed by atoms with E-state index in [9.17, 15) is 9.59 Å². The van der Waals surface area contributed by atoms with Crippen LogP contribution in [0.2, 0.25) is 0 Å². The highest BCUT2D eigenvalue weighted by atomic mass is 16.4. The first kappa shape index (κ1) is 16.1. The SMILES string of the molecule is CCCCC(=O)CC(N)CCC[C@H](N)C(=O)O. The van der Waals surface area contributed by atoms with Gasteiger partial charge in [0.15, 0.2) is 0 Å². The van der Waals surface area contributed by atoms with Crippen molar-refractivity contribution in [1.82, 2.24) is 0 Å². The van der Waals surface area contributed by atoms with E-state index in [1.54, 1.807) is 0 Å². The van der Waals surface area contributed by atoms with E-state index in [0.717, 1.165) is 12.8 Å². The second kappa shape index (κ2) is 9.13. The van der Waals surface area contributed by atoms with Crippen molar-refractivity contribution in [2.75, 3.05) is 0 Å². The van der Waals surface area contributed by atoms with Crippen LogP contribution in [0, 0.1) is 0 Å². The van der Waals surface area contributed by atoms with Crippen molar-refractivity contribution < 1.29 is 14.7 Å². The molecule has 0 rings (SSSR count). The van der Waals surface area contributed by atoms with Crippen LogP contribution in [0.5, 0.6) is 0 Å². The number of carbonyl (C=O) groups is 2. The predicted molar refractivity (Wildman–Crippen MR) is 66.6 cm³/mol. The average Bonchev–Trinajstić information content (AvgIpc) is 2.25. The van der Waals surface area contributed by atoms with Crippen LogP contribution in [-0.4, -0.2) is 28.9 Å². The van der Waals surface area contributed by atoms with Crippen LogP contribution in [-0.2, 0) is 9.59 Å². The lowest BCUT2D eigenvalue weighted by molar-refractivity contribution is -0.138. The Hall–Kier alpha value is -0.940. The topological polar surface area (TPSA) is 106 Å². The zero-order valence-electron chi connectivity index (χ0n) is 10.5. The third kappa shape index (κ3) is 8.83. The number of hydrogen-bond donors (Lipinski definition) is 3. The summed E-state index contributed by atoms with van der Waals surface area (Å²) in [6, 6.07) is -0.988. The lowest BCUT2D eigenvalue weighted by atomic mass is 10.0. The molecular formula is C12H24N2O3. The van der Waals surface area contributed by atoms with Crippen molar-refractivity contribution in [3.05, 3.63) is 0 Å². The van der Waals surface area contributed by atoms with Gasteiger partial charge in [0.1, 0.15) is 11.8 Å². The molecule has 0 saturated carbocycles. The smallest absolute Gasteiger partial charge is 0.320 e. The van der Waals surface area contributed by atoms with Crippen LogP contribution in [0.15, 0.2) is 0 Å². The fourth-order valence-corrected chi connectivity index (χ4v) is 1.59. The van der Waals surface area contributed by atoms with Crippen molar-refractivity contribution in [3.63, 3.8) is 0 Å². The number of carbonyl (C=O) groups excluding carboxylic acids is 1. The number of Topliss-reactive ketones (excluding diaryl/α,β-unsaturated/α-hetero) is 1. The number of nitrogens with two attached hydrogens (primary N) is 2. The number of carboxylic acids is 1. The van der Waals surface area contributed by atoms with Gasteiger partial charge in [0.05, 0.1) is 0 Å². The number of carboxylic acid groups (broad SMARTS) is 1. The van der Waals surface area contributed by atoms with Gasteiger partial charge in [-0.05, 0) is 25.7 Å². The molecule has 0 spiro atoms. The summed E-state index contributed by atoms with van der Waals surface area (Å²) in [5.41, 5.74) is 11.2. The number of aliphatic carboxylic acids is 1. The first-order valence-corrected chi connectivity index (χ1v) is 6.23. The Balaban J connectivity index is 3.62. The van der Waals surface area contributed by atoms with E-state index in [1.807, 2.05) is 6.92 Å². The number of hydrogen-bond acceptors (Lipinski definition) is 4. The maximum Gasteiger partial charge on any atom is 0.320 e. The summed E-state index contributed by atoms with van der Waals surface area (Å²) in [6.07, 6.45) is 4.62. The Morgan fingerprint density at radius 2 is 1.82 bits per heavy atom. The molecule has 0 bridgehead atoms. The Kier molecular flexibility index (Phi) is 8.62. The summed E-state index contributed by atoms with van der Waals surface area (Å²) in [7, 11) is 0. The molecule has 0 aromatic carbocycles. The summed E-state index contributed by atoms with van der Waals surface area (Å²) < 4.78 is 0. The molecule has 0 saturated heterocycles. The van der Waals surface area contributed by atoms with Gasteiger partial charge in [0.2, 0.25) is 0 Å². The van der Waals surface area contributed by atoms with Crippen LogP contribution in [0.25, 0.3) is 0 Å². The molecule has 100 valence electrons. The molecule has 0 heterocycles. The van der Waals surface area contributed by atoms with Gasteiger partial charge < -0.3 is 16.6 Å². The maximum absolute atomic E-state index is 11.4. The summed E-state index contributed by atoms with van der Waals surface area (Å²) in [5, 5.41) is 8.58. The number of ketones is 1. The molecule has 0 aromatic heterocycles. The molecule has 0 aliphatic carbocycles. The van der Waals surface area contributed by atoms with Crippen molar-refractivity contribution in [1.29, 1.82) is 0 Å². The Morgan fingerprint density at radius 1 is 1.18 bits per heavy atom. The van der Waals surface area contributed by atoms with E-state index in [4.69, 9.17) is 16.6 Å². The fraction of sp³-hybridized carbons (Fsp3) is 0.833. The standard InChI is InChI=1S/C12H24N2O3/c1-2-3-6-10(15)8-9(13)5-4-7-11(14)12(16)17/h9,11H,2-8,13-14H2,1H3,(H,16,17)/t9?,11-/m0/s1. The van der Waals surface area contributed by atoms with E-state index in [2.05, 4.69) is 0 Å². The normalized spacial score (nSPS) is 14.3. The van der Waals surface area contributed by atoms with Crippen LogP contribution < -0.4 is 11.5 Å². The highest BCUT2D eigenvalue weighted by Crippen LogP contribution is 2.07. The van der Waals surface area contributed by atoms with Gasteiger partial charge in [0, 0.05) is 18.9 Å². The van der Waals surface area contributed by atoms with E-state index in [1.165, 1.54) is 0 Å². The van der Waals surface area contributed by atoms with Gasteiger partial charge >= 0.3 is 5.97 Å². The van der Waals surface area contributed by atoms with Gasteiger partial charge in [-0.15, -0.1) is 0 Å². The third-order valence-corrected chi connectivity index (χ3v) is 2.71. The highest BCUT2D eigenvalue weighted by Gasteiger charge is 2.13. The van der Waals surface area contributed by atoms with Crippen molar-refractivity contribution >= 4 is 11.8 Å². The van der Waals surface area contributed by atoms with Crippen molar-refractivity contribution in [3.8, 4) is 0 Å². The van der Waals surface area contributed by atoms with Gasteiger partial charge in [-0.1, -0.05) is 13.3 Å². The molecule has 5 nitrogen and oxygen atoms in total. The van der Waals surface area contributed by atoms with E-state index >= 15 is 0 Å². The van der Waals surface area contributed by atoms with Crippen LogP contribution in [0.1, 0.15) is 51.9 Å². The summed E-state index contributed by atoms with van der Waals surface area (Å²) in [5.74, 6) is -0.792. The molecule has 0 amide bonds. The molecule has 2 atom stereocenters. The maximum atomic E-state index is 11.4. The lowest BCUT2D eigenvalue weighted by Crippen LogP contribution is -2.31. The summed E-state index contributed by atoms with van der Waals surface area (Å²) in [6.45, 7) is 2.04. The van der Waals surface area contributed by atoms with Crippen LogP contribution in [0.4, 0.5) is 0 Å². The van der Waals surface area contributed by atoms with Gasteiger partial charge in [0.25, 0.3) is 0 Å². The summed E-state index contributed by atoms with van der Waals surface area (Å²) in [4.78, 5) is 21.9.